The Labute approximate surface area is 84.7 Å². The normalized spacial score (nSPS) is 12.8. The lowest BCUT2D eigenvalue weighted by molar-refractivity contribution is 0.306. The second-order valence-corrected chi connectivity index (χ2v) is 3.56. The zero-order chi connectivity index (χ0) is 10.6. The minimum absolute atomic E-state index is 0.0216. The Morgan fingerprint density at radius 1 is 1.71 bits per heavy atom. The molecule has 1 aromatic rings. The first-order valence-electron chi connectivity index (χ1n) is 4.71. The van der Waals surface area contributed by atoms with Gasteiger partial charge in [-0.05, 0) is 26.0 Å². The molecule has 0 fully saturated rings. The third-order valence-corrected chi connectivity index (χ3v) is 2.36. The van der Waals surface area contributed by atoms with Gasteiger partial charge in [-0.3, -0.25) is 9.58 Å². The summed E-state index contributed by atoms with van der Waals surface area (Å²) in [6, 6.07) is 2.19. The first-order chi connectivity index (χ1) is 6.63. The molecule has 0 aliphatic rings. The quantitative estimate of drug-likeness (QED) is 0.709. The minimum Gasteiger partial charge on any atom is -0.291 e. The summed E-state index contributed by atoms with van der Waals surface area (Å²) in [5.41, 5.74) is 1.21. The number of aryl methyl sites for hydroxylation is 1. The van der Waals surface area contributed by atoms with Crippen molar-refractivity contribution < 1.29 is 0 Å². The summed E-state index contributed by atoms with van der Waals surface area (Å²) in [6.45, 7) is 2.80. The molecular formula is C10H16N4. The average Bonchev–Trinajstić information content (AvgIpc) is 2.59. The number of aromatic nitrogens is 2. The Morgan fingerprint density at radius 2 is 2.43 bits per heavy atom. The molecule has 0 N–H and O–H groups in total. The van der Waals surface area contributed by atoms with Gasteiger partial charge in [0.05, 0.1) is 18.3 Å². The van der Waals surface area contributed by atoms with Crippen molar-refractivity contribution in [1.82, 2.24) is 14.7 Å². The monoisotopic (exact) mass is 192 g/mol. The van der Waals surface area contributed by atoms with Crippen LogP contribution in [0.15, 0.2) is 12.4 Å². The number of likely N-dealkylation sites (N-methyl/N-ethyl adjacent to an activating group) is 1. The Hall–Kier alpha value is -1.34. The van der Waals surface area contributed by atoms with Gasteiger partial charge in [0.25, 0.3) is 0 Å². The zero-order valence-corrected chi connectivity index (χ0v) is 8.94. The highest BCUT2D eigenvalue weighted by Crippen LogP contribution is 2.01. The fourth-order valence-electron chi connectivity index (χ4n) is 1.20. The van der Waals surface area contributed by atoms with Crippen molar-refractivity contribution in [3.8, 4) is 6.07 Å². The van der Waals surface area contributed by atoms with Gasteiger partial charge in [-0.1, -0.05) is 0 Å². The average molecular weight is 192 g/mol. The topological polar surface area (TPSA) is 44.9 Å². The maximum Gasteiger partial charge on any atom is 0.0946 e. The maximum atomic E-state index is 8.70. The fourth-order valence-corrected chi connectivity index (χ4v) is 1.20. The molecule has 1 rings (SSSR count). The van der Waals surface area contributed by atoms with E-state index in [1.165, 1.54) is 5.56 Å². The lowest BCUT2D eigenvalue weighted by Gasteiger charge is -2.17. The van der Waals surface area contributed by atoms with Gasteiger partial charge in [-0.15, -0.1) is 0 Å². The predicted octanol–water partition coefficient (Wildman–Crippen LogP) is 0.806. The van der Waals surface area contributed by atoms with Gasteiger partial charge in [-0.25, -0.2) is 0 Å². The number of rotatable bonds is 4. The fraction of sp³-hybridized carbons (Fsp3) is 0.600. The summed E-state index contributed by atoms with van der Waals surface area (Å²) in [6.07, 6.45) is 4.81. The van der Waals surface area contributed by atoms with Gasteiger partial charge >= 0.3 is 0 Å². The van der Waals surface area contributed by atoms with Crippen LogP contribution in [0.4, 0.5) is 0 Å². The standard InChI is InChI=1S/C10H16N4/c1-9(6-11)13(2)5-4-10-7-12-14(3)8-10/h7-9H,4-5H2,1-3H3. The van der Waals surface area contributed by atoms with E-state index in [-0.39, 0.29) is 6.04 Å². The molecule has 0 amide bonds. The summed E-state index contributed by atoms with van der Waals surface area (Å²) in [4.78, 5) is 2.03. The molecule has 0 saturated carbocycles. The van der Waals surface area contributed by atoms with E-state index in [0.29, 0.717) is 0 Å². The molecule has 4 nitrogen and oxygen atoms in total. The SMILES string of the molecule is CC(C#N)N(C)CCc1cnn(C)c1. The van der Waals surface area contributed by atoms with E-state index in [1.807, 2.05) is 38.3 Å². The largest absolute Gasteiger partial charge is 0.291 e. The van der Waals surface area contributed by atoms with Gasteiger partial charge in [-0.2, -0.15) is 10.4 Å². The van der Waals surface area contributed by atoms with Crippen molar-refractivity contribution in [3.63, 3.8) is 0 Å². The highest BCUT2D eigenvalue weighted by molar-refractivity contribution is 5.04. The van der Waals surface area contributed by atoms with Crippen LogP contribution in [0.2, 0.25) is 0 Å². The lowest BCUT2D eigenvalue weighted by atomic mass is 10.2. The smallest absolute Gasteiger partial charge is 0.0946 e. The van der Waals surface area contributed by atoms with Crippen LogP contribution in [-0.2, 0) is 13.5 Å². The third kappa shape index (κ3) is 2.86. The van der Waals surface area contributed by atoms with Gasteiger partial charge in [0.1, 0.15) is 0 Å². The highest BCUT2D eigenvalue weighted by Gasteiger charge is 2.07. The van der Waals surface area contributed by atoms with E-state index < -0.39 is 0 Å². The maximum absolute atomic E-state index is 8.70. The molecule has 0 aliphatic heterocycles. The van der Waals surface area contributed by atoms with Crippen LogP contribution >= 0.6 is 0 Å². The number of hydrogen-bond donors (Lipinski definition) is 0. The van der Waals surface area contributed by atoms with Crippen molar-refractivity contribution in [3.05, 3.63) is 18.0 Å². The molecule has 76 valence electrons. The zero-order valence-electron chi connectivity index (χ0n) is 8.94. The second-order valence-electron chi connectivity index (χ2n) is 3.56. The van der Waals surface area contributed by atoms with Crippen molar-refractivity contribution in [2.24, 2.45) is 7.05 Å². The molecule has 1 aromatic heterocycles. The van der Waals surface area contributed by atoms with E-state index in [2.05, 4.69) is 11.2 Å². The van der Waals surface area contributed by atoms with Crippen LogP contribution in [0.25, 0.3) is 0 Å². The van der Waals surface area contributed by atoms with Crippen LogP contribution in [0.3, 0.4) is 0 Å². The molecule has 0 aliphatic carbocycles. The second kappa shape index (κ2) is 4.77. The van der Waals surface area contributed by atoms with Crippen LogP contribution in [0.1, 0.15) is 12.5 Å². The van der Waals surface area contributed by atoms with Gasteiger partial charge in [0, 0.05) is 19.8 Å². The number of nitrogens with zero attached hydrogens (tertiary/aromatic N) is 4. The Kier molecular flexibility index (Phi) is 3.66. The summed E-state index contributed by atoms with van der Waals surface area (Å²) in [5, 5.41) is 12.8. The van der Waals surface area contributed by atoms with Gasteiger partial charge < -0.3 is 0 Å². The molecule has 1 atom stereocenters. The van der Waals surface area contributed by atoms with E-state index in [4.69, 9.17) is 5.26 Å². The van der Waals surface area contributed by atoms with Crippen LogP contribution < -0.4 is 0 Å². The van der Waals surface area contributed by atoms with Crippen LogP contribution in [0.5, 0.6) is 0 Å². The van der Waals surface area contributed by atoms with Gasteiger partial charge in [0.2, 0.25) is 0 Å². The summed E-state index contributed by atoms with van der Waals surface area (Å²) in [5.74, 6) is 0. The molecule has 0 radical (unpaired) electrons. The molecule has 0 spiro atoms. The van der Waals surface area contributed by atoms with Gasteiger partial charge in [0.15, 0.2) is 0 Å². The number of hydrogen-bond acceptors (Lipinski definition) is 3. The lowest BCUT2D eigenvalue weighted by Crippen LogP contribution is -2.29. The Morgan fingerprint density at radius 3 is 2.93 bits per heavy atom. The molecular weight excluding hydrogens is 176 g/mol. The summed E-state index contributed by atoms with van der Waals surface area (Å²) < 4.78 is 1.79. The van der Waals surface area contributed by atoms with E-state index >= 15 is 0 Å². The first kappa shape index (κ1) is 10.7. The molecule has 4 heteroatoms. The van der Waals surface area contributed by atoms with Crippen LogP contribution in [0, 0.1) is 11.3 Å². The predicted molar refractivity (Wildman–Crippen MR) is 54.6 cm³/mol. The first-order valence-corrected chi connectivity index (χ1v) is 4.71. The highest BCUT2D eigenvalue weighted by atomic mass is 15.2. The minimum atomic E-state index is -0.0216. The number of nitriles is 1. The van der Waals surface area contributed by atoms with E-state index in [9.17, 15) is 0 Å². The molecule has 14 heavy (non-hydrogen) atoms. The molecule has 1 unspecified atom stereocenters. The Bertz CT molecular complexity index is 323. The van der Waals surface area contributed by atoms with Crippen molar-refractivity contribution in [2.45, 2.75) is 19.4 Å². The van der Waals surface area contributed by atoms with Crippen molar-refractivity contribution >= 4 is 0 Å². The molecule has 1 heterocycles. The molecule has 0 bridgehead atoms. The van der Waals surface area contributed by atoms with Crippen molar-refractivity contribution in [2.75, 3.05) is 13.6 Å². The summed E-state index contributed by atoms with van der Waals surface area (Å²) in [7, 11) is 3.87. The molecule has 0 saturated heterocycles. The van der Waals surface area contributed by atoms with Crippen LogP contribution in [-0.4, -0.2) is 34.3 Å². The van der Waals surface area contributed by atoms with E-state index in [1.54, 1.807) is 4.68 Å². The third-order valence-electron chi connectivity index (χ3n) is 2.36. The van der Waals surface area contributed by atoms with Crippen molar-refractivity contribution in [1.29, 1.82) is 5.26 Å². The summed E-state index contributed by atoms with van der Waals surface area (Å²) >= 11 is 0. The molecule has 0 aromatic carbocycles. The Balaban J connectivity index is 2.38. The van der Waals surface area contributed by atoms with E-state index in [0.717, 1.165) is 13.0 Å².